The summed E-state index contributed by atoms with van der Waals surface area (Å²) < 4.78 is 225. The topological polar surface area (TPSA) is 36.9 Å². The van der Waals surface area contributed by atoms with Crippen LogP contribution >= 0.6 is 0 Å². The van der Waals surface area contributed by atoms with Gasteiger partial charge in [-0.1, -0.05) is 26.8 Å². The highest BCUT2D eigenvalue weighted by Gasteiger charge is 2.80. The summed E-state index contributed by atoms with van der Waals surface area (Å²) in [5.41, 5.74) is -4.58. The van der Waals surface area contributed by atoms with Gasteiger partial charge in [-0.3, -0.25) is 0 Å². The Kier molecular flexibility index (Phi) is 7.63. The molecular formula is C39H30F14O4. The van der Waals surface area contributed by atoms with Gasteiger partial charge in [-0.2, -0.15) is 52.7 Å². The Hall–Kier alpha value is -4.12. The predicted molar refractivity (Wildman–Crippen MR) is 171 cm³/mol. The van der Waals surface area contributed by atoms with Crippen LogP contribution in [0.4, 0.5) is 61.5 Å². The van der Waals surface area contributed by atoms with Gasteiger partial charge >= 0.3 is 36.8 Å². The zero-order chi connectivity index (χ0) is 41.4. The van der Waals surface area contributed by atoms with Crippen LogP contribution in [-0.4, -0.2) is 36.8 Å². The Morgan fingerprint density at radius 2 is 0.895 bits per heavy atom. The number of hydrogen-bond donors (Lipinski definition) is 0. The molecule has 9 rings (SSSR count). The maximum atomic E-state index is 15.6. The van der Waals surface area contributed by atoms with Crippen molar-refractivity contribution in [3.05, 3.63) is 56.6 Å². The minimum Gasteiger partial charge on any atom is -0.434 e. The lowest BCUT2D eigenvalue weighted by Gasteiger charge is -2.33. The summed E-state index contributed by atoms with van der Waals surface area (Å²) in [7, 11) is 0. The minimum absolute atomic E-state index is 0.0163. The lowest BCUT2D eigenvalue weighted by atomic mass is 9.80. The lowest BCUT2D eigenvalue weighted by molar-refractivity contribution is -0.411. The zero-order valence-electron chi connectivity index (χ0n) is 30.0. The van der Waals surface area contributed by atoms with Crippen LogP contribution in [0.2, 0.25) is 0 Å². The average molecular weight is 829 g/mol. The molecule has 0 bridgehead atoms. The second-order valence-corrected chi connectivity index (χ2v) is 16.6. The number of halogens is 14. The fourth-order valence-electron chi connectivity index (χ4n) is 10.1. The molecule has 0 saturated carbocycles. The first kappa shape index (κ1) is 38.4. The monoisotopic (exact) mass is 828 g/mol. The molecule has 0 N–H and O–H groups in total. The Bertz CT molecular complexity index is 2080. The van der Waals surface area contributed by atoms with E-state index in [1.807, 2.05) is 0 Å². The Morgan fingerprint density at radius 1 is 0.456 bits per heavy atom. The van der Waals surface area contributed by atoms with E-state index in [1.54, 1.807) is 20.8 Å². The summed E-state index contributed by atoms with van der Waals surface area (Å²) in [4.78, 5) is 0. The van der Waals surface area contributed by atoms with E-state index in [-0.39, 0.29) is 100 Å². The molecule has 0 radical (unpaired) electrons. The van der Waals surface area contributed by atoms with Crippen LogP contribution in [0.5, 0.6) is 23.0 Å². The van der Waals surface area contributed by atoms with Crippen molar-refractivity contribution in [3.8, 4) is 45.3 Å². The first-order chi connectivity index (χ1) is 26.2. The average Bonchev–Trinajstić information content (AvgIpc) is 3.87. The maximum absolute atomic E-state index is 15.6. The van der Waals surface area contributed by atoms with Crippen molar-refractivity contribution in [1.82, 2.24) is 0 Å². The van der Waals surface area contributed by atoms with Gasteiger partial charge in [0, 0.05) is 16.7 Å². The van der Waals surface area contributed by atoms with Gasteiger partial charge in [-0.15, -0.1) is 8.78 Å². The highest BCUT2D eigenvalue weighted by Crippen LogP contribution is 2.66. The highest BCUT2D eigenvalue weighted by molar-refractivity contribution is 5.96. The van der Waals surface area contributed by atoms with E-state index < -0.39 is 89.5 Å². The molecule has 2 heterocycles. The molecule has 0 amide bonds. The third-order valence-corrected chi connectivity index (χ3v) is 12.4. The summed E-state index contributed by atoms with van der Waals surface area (Å²) in [5, 5.41) is 0. The Balaban J connectivity index is 1.37. The molecule has 4 nitrogen and oxygen atoms in total. The second kappa shape index (κ2) is 11.3. The predicted octanol–water partition coefficient (Wildman–Crippen LogP) is 11.3. The van der Waals surface area contributed by atoms with Gasteiger partial charge in [0.15, 0.2) is 28.4 Å². The number of benzene rings is 3. The number of hydrogen-bond acceptors (Lipinski definition) is 4. The molecule has 0 saturated heterocycles. The largest absolute Gasteiger partial charge is 0.586 e. The third-order valence-electron chi connectivity index (χ3n) is 12.4. The van der Waals surface area contributed by atoms with E-state index in [0.717, 1.165) is 6.07 Å². The third kappa shape index (κ3) is 5.18. The quantitative estimate of drug-likeness (QED) is 0.241. The Labute approximate surface area is 314 Å². The molecule has 3 aromatic carbocycles. The van der Waals surface area contributed by atoms with Crippen molar-refractivity contribution < 1.29 is 80.4 Å². The summed E-state index contributed by atoms with van der Waals surface area (Å²) in [6.45, 7) is 5.26. The molecular weight excluding hydrogens is 798 g/mol. The first-order valence-electron chi connectivity index (χ1n) is 18.2. The van der Waals surface area contributed by atoms with Gasteiger partial charge in [0.2, 0.25) is 0 Å². The van der Waals surface area contributed by atoms with Crippen molar-refractivity contribution in [2.45, 2.75) is 109 Å². The minimum atomic E-state index is -6.19. The number of fused-ring (bicyclic) bond motifs is 6. The molecule has 0 unspecified atom stereocenters. The molecule has 0 aromatic heterocycles. The van der Waals surface area contributed by atoms with Crippen molar-refractivity contribution in [1.29, 1.82) is 0 Å². The van der Waals surface area contributed by atoms with Gasteiger partial charge < -0.3 is 18.9 Å². The van der Waals surface area contributed by atoms with Gasteiger partial charge in [0.1, 0.15) is 0 Å². The fourth-order valence-corrected chi connectivity index (χ4v) is 10.1. The molecule has 18 heteroatoms. The highest BCUT2D eigenvalue weighted by atomic mass is 19.4. The molecule has 6 aliphatic rings. The summed E-state index contributed by atoms with van der Waals surface area (Å²) >= 11 is 0. The zero-order valence-corrected chi connectivity index (χ0v) is 30.0. The smallest absolute Gasteiger partial charge is 0.434 e. The fraction of sp³-hybridized carbons (Fsp3) is 0.538. The van der Waals surface area contributed by atoms with Gasteiger partial charge in [-0.25, -0.2) is 0 Å². The molecule has 4 aliphatic carbocycles. The van der Waals surface area contributed by atoms with Crippen molar-refractivity contribution >= 4 is 0 Å². The SMILES string of the molecule is C[C@@H]1Cc2cc3c(c(-c4c5c(c(-c6c7c(cc8c6OC(C(F)(F)F)(C(F)(F)F)O8)C[C@H](C)C7)c6c4OC(F)(F)O6)C[C@H](C)C5)c2C1)CC(C(F)(F)F)(C(F)(F)F)C3. The normalized spacial score (nSPS) is 24.8. The van der Waals surface area contributed by atoms with Gasteiger partial charge in [0.25, 0.3) is 0 Å². The molecule has 57 heavy (non-hydrogen) atoms. The maximum Gasteiger partial charge on any atom is 0.586 e. The molecule has 0 spiro atoms. The van der Waals surface area contributed by atoms with Gasteiger partial charge in [0.05, 0.1) is 0 Å². The second-order valence-electron chi connectivity index (χ2n) is 16.6. The molecule has 0 fully saturated rings. The van der Waals surface area contributed by atoms with Crippen molar-refractivity contribution in [3.63, 3.8) is 0 Å². The summed E-state index contributed by atoms with van der Waals surface area (Å²) in [5.74, 6) is -9.60. The molecule has 308 valence electrons. The number of rotatable bonds is 2. The molecule has 3 atom stereocenters. The summed E-state index contributed by atoms with van der Waals surface area (Å²) in [6, 6.07) is 2.30. The van der Waals surface area contributed by atoms with E-state index in [2.05, 4.69) is 4.74 Å². The lowest BCUT2D eigenvalue weighted by Crippen LogP contribution is -2.63. The van der Waals surface area contributed by atoms with E-state index in [1.165, 1.54) is 6.07 Å². The van der Waals surface area contributed by atoms with Crippen LogP contribution in [0, 0.1) is 23.2 Å². The van der Waals surface area contributed by atoms with Crippen LogP contribution in [0.15, 0.2) is 12.1 Å². The Morgan fingerprint density at radius 3 is 1.40 bits per heavy atom. The molecule has 2 aliphatic heterocycles. The van der Waals surface area contributed by atoms with E-state index in [9.17, 15) is 52.7 Å². The van der Waals surface area contributed by atoms with Crippen LogP contribution in [0.25, 0.3) is 22.3 Å². The van der Waals surface area contributed by atoms with Crippen LogP contribution in [0.3, 0.4) is 0 Å². The first-order valence-corrected chi connectivity index (χ1v) is 18.2. The van der Waals surface area contributed by atoms with Crippen LogP contribution in [-0.2, 0) is 51.4 Å². The van der Waals surface area contributed by atoms with Crippen molar-refractivity contribution in [2.24, 2.45) is 23.2 Å². The van der Waals surface area contributed by atoms with E-state index in [4.69, 9.17) is 14.2 Å². The number of alkyl halides is 14. The van der Waals surface area contributed by atoms with E-state index >= 15 is 8.78 Å². The summed E-state index contributed by atoms with van der Waals surface area (Å²) in [6.07, 6.45) is -30.9. The van der Waals surface area contributed by atoms with Crippen LogP contribution < -0.4 is 18.9 Å². The van der Waals surface area contributed by atoms with E-state index in [0.29, 0.717) is 11.1 Å². The van der Waals surface area contributed by atoms with Crippen LogP contribution in [0.1, 0.15) is 65.3 Å². The standard InChI is InChI=1S/C39H30F14O4/c1-14-4-17-10-19-12-33(35(40,41)42,36(43,44)45)13-24(19)26(20(17)6-14)28-22-8-16(3)9-23(22)29(32-31(28)56-39(52,53)57-32)27-21-7-15(2)5-18(21)11-25-30(27)55-34(54-25,37(46,47)48)38(49,50)51/h10-11,14-16H,4-9,12-13H2,1-3H3/t14-,15+,16-/m1/s1. The van der Waals surface area contributed by atoms with Crippen molar-refractivity contribution in [2.75, 3.05) is 0 Å². The number of ether oxygens (including phenoxy) is 4. The van der Waals surface area contributed by atoms with Gasteiger partial charge in [-0.05, 0) is 125 Å². The molecule has 3 aromatic rings.